The van der Waals surface area contributed by atoms with Crippen molar-refractivity contribution in [3.63, 3.8) is 0 Å². The lowest BCUT2D eigenvalue weighted by atomic mass is 9.80. The first kappa shape index (κ1) is 24.6. The van der Waals surface area contributed by atoms with Crippen LogP contribution in [0.25, 0.3) is 0 Å². The van der Waals surface area contributed by atoms with Crippen LogP contribution >= 0.6 is 0 Å². The Morgan fingerprint density at radius 2 is 1.94 bits per heavy atom. The molecule has 8 nitrogen and oxygen atoms in total. The molecule has 2 fully saturated rings. The van der Waals surface area contributed by atoms with Gasteiger partial charge in [0.2, 0.25) is 0 Å². The highest BCUT2D eigenvalue weighted by Crippen LogP contribution is 2.50. The maximum Gasteiger partial charge on any atom is 0.189 e. The van der Waals surface area contributed by atoms with Gasteiger partial charge in [-0.05, 0) is 36.8 Å². The Hall–Kier alpha value is -2.00. The lowest BCUT2D eigenvalue weighted by Gasteiger charge is -2.39. The Morgan fingerprint density at radius 1 is 1.25 bits per heavy atom. The number of aliphatic hydroxyl groups excluding tert-OH is 2. The number of epoxide rings is 1. The van der Waals surface area contributed by atoms with Crippen molar-refractivity contribution in [2.45, 2.75) is 90.0 Å². The zero-order valence-electron chi connectivity index (χ0n) is 19.1. The van der Waals surface area contributed by atoms with E-state index < -0.39 is 41.5 Å². The minimum Gasteiger partial charge on any atom is -0.507 e. The third kappa shape index (κ3) is 4.17. The molecule has 8 heteroatoms. The second-order valence-electron chi connectivity index (χ2n) is 9.32. The monoisotopic (exact) mass is 450 g/mol. The Kier molecular flexibility index (Phi) is 7.29. The predicted octanol–water partition coefficient (Wildman–Crippen LogP) is 2.72. The van der Waals surface area contributed by atoms with Crippen molar-refractivity contribution in [2.24, 2.45) is 11.8 Å². The molecule has 32 heavy (non-hydrogen) atoms. The molecule has 2 heterocycles. The first-order valence-corrected chi connectivity index (χ1v) is 11.4. The minimum absolute atomic E-state index is 0.0685. The van der Waals surface area contributed by atoms with Crippen LogP contribution in [0.4, 0.5) is 0 Å². The molecular weight excluding hydrogens is 416 g/mol. The number of aliphatic hydroxyl groups is 2. The van der Waals surface area contributed by atoms with Gasteiger partial charge in [0.25, 0.3) is 0 Å². The van der Waals surface area contributed by atoms with E-state index in [1.165, 1.54) is 6.07 Å². The normalized spacial score (nSPS) is 30.5. The first-order valence-electron chi connectivity index (χ1n) is 11.4. The molecular formula is C24H34O8. The molecule has 0 unspecified atom stereocenters. The van der Waals surface area contributed by atoms with Gasteiger partial charge in [0.1, 0.15) is 11.5 Å². The number of hydrogen-bond acceptors (Lipinski definition) is 8. The molecule has 4 N–H and O–H groups in total. The molecule has 178 valence electrons. The summed E-state index contributed by atoms with van der Waals surface area (Å²) >= 11 is 0. The number of phenols is 2. The Morgan fingerprint density at radius 3 is 2.44 bits per heavy atom. The van der Waals surface area contributed by atoms with Gasteiger partial charge >= 0.3 is 0 Å². The molecule has 0 bridgehead atoms. The smallest absolute Gasteiger partial charge is 0.189 e. The van der Waals surface area contributed by atoms with Crippen molar-refractivity contribution >= 4 is 12.1 Å². The van der Waals surface area contributed by atoms with E-state index in [2.05, 4.69) is 0 Å². The third-order valence-corrected chi connectivity index (χ3v) is 6.61. The Balaban J connectivity index is 1.94. The van der Waals surface area contributed by atoms with E-state index in [1.807, 2.05) is 27.7 Å². The number of aldehydes is 1. The number of hydrogen-bond donors (Lipinski definition) is 4. The van der Waals surface area contributed by atoms with Crippen LogP contribution in [-0.2, 0) is 15.9 Å². The van der Waals surface area contributed by atoms with Crippen LogP contribution in [0, 0.1) is 11.8 Å². The molecule has 0 aromatic heterocycles. The van der Waals surface area contributed by atoms with Crippen LogP contribution in [0.5, 0.6) is 11.5 Å². The fourth-order valence-corrected chi connectivity index (χ4v) is 4.91. The number of Topliss-reactive ketones (excluding diaryl/α,β-unsaturated/α-hetero) is 1. The van der Waals surface area contributed by atoms with E-state index in [1.54, 1.807) is 0 Å². The summed E-state index contributed by atoms with van der Waals surface area (Å²) in [6.45, 7) is 7.66. The van der Waals surface area contributed by atoms with E-state index >= 15 is 0 Å². The third-order valence-electron chi connectivity index (χ3n) is 6.61. The number of carbonyl (C=O) groups is 2. The molecule has 0 radical (unpaired) electrons. The molecule has 2 saturated heterocycles. The van der Waals surface area contributed by atoms with Crippen molar-refractivity contribution in [3.05, 3.63) is 22.8 Å². The highest BCUT2D eigenvalue weighted by molar-refractivity contribution is 6.04. The number of rotatable bonds is 9. The van der Waals surface area contributed by atoms with Crippen molar-refractivity contribution in [3.8, 4) is 11.5 Å². The molecule has 1 aromatic rings. The van der Waals surface area contributed by atoms with E-state index in [9.17, 15) is 30.0 Å². The van der Waals surface area contributed by atoms with E-state index in [4.69, 9.17) is 9.47 Å². The summed E-state index contributed by atoms with van der Waals surface area (Å²) in [5.41, 5.74) is -1.14. The average Bonchev–Trinajstić information content (AvgIpc) is 3.48. The van der Waals surface area contributed by atoms with E-state index in [-0.39, 0.29) is 35.3 Å². The lowest BCUT2D eigenvalue weighted by molar-refractivity contribution is -0.239. The van der Waals surface area contributed by atoms with Gasteiger partial charge < -0.3 is 29.9 Å². The van der Waals surface area contributed by atoms with E-state index in [0.29, 0.717) is 37.5 Å². The molecule has 3 rings (SSSR count). The second kappa shape index (κ2) is 9.47. The van der Waals surface area contributed by atoms with Crippen LogP contribution in [0.3, 0.4) is 0 Å². The topological polar surface area (TPSA) is 137 Å². The van der Waals surface area contributed by atoms with Gasteiger partial charge in [0.15, 0.2) is 24.0 Å². The fourth-order valence-electron chi connectivity index (χ4n) is 4.91. The predicted molar refractivity (Wildman–Crippen MR) is 116 cm³/mol. The Bertz CT molecular complexity index is 852. The zero-order valence-corrected chi connectivity index (χ0v) is 19.1. The minimum atomic E-state index is -1.37. The highest BCUT2D eigenvalue weighted by Gasteiger charge is 2.68. The SMILES string of the molecule is CCC[C@H](C(=O)c1cc(CC(C)C)c(O)c(C=O)c1O)[C@H]1C[C@@H](O)[C@]2(O[C@@H]2CC)[C@H](O)O1. The maximum atomic E-state index is 13.6. The second-order valence-corrected chi connectivity index (χ2v) is 9.32. The van der Waals surface area contributed by atoms with Crippen LogP contribution in [0.15, 0.2) is 6.07 Å². The summed E-state index contributed by atoms with van der Waals surface area (Å²) in [6.07, 6.45) is -0.969. The maximum absolute atomic E-state index is 13.6. The average molecular weight is 451 g/mol. The van der Waals surface area contributed by atoms with Crippen molar-refractivity contribution < 1.29 is 39.5 Å². The summed E-state index contributed by atoms with van der Waals surface area (Å²) in [5.74, 6) is -1.97. The van der Waals surface area contributed by atoms with Crippen LogP contribution in [-0.4, -0.2) is 62.7 Å². The number of benzene rings is 1. The highest BCUT2D eigenvalue weighted by atomic mass is 16.7. The van der Waals surface area contributed by atoms with Gasteiger partial charge in [0.05, 0.1) is 29.4 Å². The quantitative estimate of drug-likeness (QED) is 0.256. The van der Waals surface area contributed by atoms with Crippen LogP contribution in [0.1, 0.15) is 79.7 Å². The zero-order chi connectivity index (χ0) is 23.8. The summed E-state index contributed by atoms with van der Waals surface area (Å²) < 4.78 is 11.3. The van der Waals surface area contributed by atoms with Crippen LogP contribution in [0.2, 0.25) is 0 Å². The number of ketones is 1. The summed E-state index contributed by atoms with van der Waals surface area (Å²) in [7, 11) is 0. The van der Waals surface area contributed by atoms with E-state index in [0.717, 1.165) is 0 Å². The summed E-state index contributed by atoms with van der Waals surface area (Å²) in [5, 5.41) is 42.3. The molecule has 1 spiro atoms. The van der Waals surface area contributed by atoms with Crippen molar-refractivity contribution in [1.82, 2.24) is 0 Å². The van der Waals surface area contributed by atoms with Gasteiger partial charge in [-0.25, -0.2) is 0 Å². The summed E-state index contributed by atoms with van der Waals surface area (Å²) in [6, 6.07) is 1.43. The molecule has 6 atom stereocenters. The van der Waals surface area contributed by atoms with Gasteiger partial charge in [-0.15, -0.1) is 0 Å². The van der Waals surface area contributed by atoms with Gasteiger partial charge in [-0.1, -0.05) is 34.1 Å². The number of aromatic hydroxyl groups is 2. The number of ether oxygens (including phenoxy) is 2. The van der Waals surface area contributed by atoms with Gasteiger partial charge in [0, 0.05) is 12.3 Å². The molecule has 2 aliphatic heterocycles. The molecule has 0 aliphatic carbocycles. The van der Waals surface area contributed by atoms with Crippen molar-refractivity contribution in [1.29, 1.82) is 0 Å². The lowest BCUT2D eigenvalue weighted by Crippen LogP contribution is -2.55. The molecule has 2 aliphatic rings. The first-order chi connectivity index (χ1) is 15.1. The standard InChI is InChI=1S/C24H34O8/c1-5-7-14(17-10-18(26)24(23(30)31-17)19(6-2)32-24)21(28)15-9-13(8-12(3)4)20(27)16(11-25)22(15)29/h9,11-12,14,17-19,23,26-27,29-30H,5-8,10H2,1-4H3/t14-,17+,18+,19+,23+,24+/m0/s1. The van der Waals surface area contributed by atoms with Crippen LogP contribution < -0.4 is 0 Å². The van der Waals surface area contributed by atoms with Crippen molar-refractivity contribution in [2.75, 3.05) is 0 Å². The molecule has 0 saturated carbocycles. The molecule has 1 aromatic carbocycles. The van der Waals surface area contributed by atoms with Gasteiger partial charge in [-0.3, -0.25) is 9.59 Å². The largest absolute Gasteiger partial charge is 0.507 e. The number of carbonyl (C=O) groups excluding carboxylic acids is 2. The Labute approximate surface area is 188 Å². The molecule has 0 amide bonds. The summed E-state index contributed by atoms with van der Waals surface area (Å²) in [4.78, 5) is 25.1. The fraction of sp³-hybridized carbons (Fsp3) is 0.667. The number of phenolic OH excluding ortho intramolecular Hbond substituents is 2. The van der Waals surface area contributed by atoms with Gasteiger partial charge in [-0.2, -0.15) is 0 Å².